The van der Waals surface area contributed by atoms with E-state index in [2.05, 4.69) is 9.97 Å². The Morgan fingerprint density at radius 3 is 2.21 bits per heavy atom. The van der Waals surface area contributed by atoms with Crippen LogP contribution in [0.1, 0.15) is 45.1 Å². The number of hydrogen-bond acceptors (Lipinski definition) is 7. The number of amides is 2. The van der Waals surface area contributed by atoms with E-state index in [4.69, 9.17) is 9.47 Å². The Morgan fingerprint density at radius 2 is 1.63 bits per heavy atom. The molecule has 192 valence electrons. The molecule has 0 bridgehead atoms. The zero-order valence-electron chi connectivity index (χ0n) is 21.2. The van der Waals surface area contributed by atoms with Crippen LogP contribution in [0, 0.1) is 5.92 Å². The molecule has 0 fully saturated rings. The number of imidazole rings is 1. The molecule has 0 saturated carbocycles. The third-order valence-corrected chi connectivity index (χ3v) is 6.26. The van der Waals surface area contributed by atoms with Crippen LogP contribution >= 0.6 is 0 Å². The van der Waals surface area contributed by atoms with Gasteiger partial charge in [0.2, 0.25) is 5.88 Å². The van der Waals surface area contributed by atoms with E-state index >= 15 is 0 Å². The molecule has 0 spiro atoms. The summed E-state index contributed by atoms with van der Waals surface area (Å²) < 4.78 is 12.8. The smallest absolute Gasteiger partial charge is 0.261 e. The summed E-state index contributed by atoms with van der Waals surface area (Å²) in [6.45, 7) is 3.98. The average molecular weight is 511 g/mol. The molecule has 2 aromatic carbocycles. The van der Waals surface area contributed by atoms with Crippen LogP contribution in [0.4, 0.5) is 0 Å². The van der Waals surface area contributed by atoms with E-state index in [0.29, 0.717) is 34.3 Å². The van der Waals surface area contributed by atoms with Crippen LogP contribution < -0.4 is 9.47 Å². The van der Waals surface area contributed by atoms with Crippen molar-refractivity contribution in [2.75, 3.05) is 20.3 Å². The number of Topliss-reactive ketones (excluding diaryl/α,β-unsaturated/α-hetero) is 1. The molecule has 0 unspecified atom stereocenters. The molecular weight excluding hydrogens is 484 g/mol. The first-order chi connectivity index (χ1) is 18.4. The first-order valence-electron chi connectivity index (χ1n) is 12.2. The Bertz CT molecular complexity index is 1470. The van der Waals surface area contributed by atoms with Gasteiger partial charge in [-0.3, -0.25) is 23.9 Å². The second-order valence-electron chi connectivity index (χ2n) is 9.08. The van der Waals surface area contributed by atoms with Gasteiger partial charge in [-0.2, -0.15) is 0 Å². The molecule has 2 aromatic heterocycles. The minimum atomic E-state index is -0.308. The zero-order valence-corrected chi connectivity index (χ0v) is 21.2. The van der Waals surface area contributed by atoms with Crippen LogP contribution in [0.3, 0.4) is 0 Å². The van der Waals surface area contributed by atoms with Crippen LogP contribution in [0.2, 0.25) is 0 Å². The van der Waals surface area contributed by atoms with Crippen molar-refractivity contribution < 1.29 is 23.9 Å². The van der Waals surface area contributed by atoms with Crippen molar-refractivity contribution in [3.63, 3.8) is 0 Å². The van der Waals surface area contributed by atoms with E-state index in [-0.39, 0.29) is 36.7 Å². The minimum Gasteiger partial charge on any atom is -0.492 e. The lowest BCUT2D eigenvalue weighted by molar-refractivity contribution is 0.0631. The molecular formula is C29H26N4O5. The highest BCUT2D eigenvalue weighted by Crippen LogP contribution is 2.27. The van der Waals surface area contributed by atoms with Gasteiger partial charge in [0.25, 0.3) is 11.8 Å². The number of ether oxygens (including phenoxy) is 2. The van der Waals surface area contributed by atoms with E-state index in [1.807, 2.05) is 36.6 Å². The maximum atomic E-state index is 12.7. The van der Waals surface area contributed by atoms with Gasteiger partial charge >= 0.3 is 0 Å². The lowest BCUT2D eigenvalue weighted by Gasteiger charge is -2.15. The number of imide groups is 1. The van der Waals surface area contributed by atoms with Crippen molar-refractivity contribution in [2.45, 2.75) is 13.8 Å². The minimum absolute atomic E-state index is 0.0559. The maximum absolute atomic E-state index is 12.7. The monoisotopic (exact) mass is 510 g/mol. The molecule has 4 aromatic rings. The molecule has 9 nitrogen and oxygen atoms in total. The SMILES string of the molecule is COc1ccc(-c2nc(C(=O)C(C)C)cn2-c2ccc(OCCN3C(=O)c4ccccc4C3=O)cc2)cn1. The van der Waals surface area contributed by atoms with Crippen molar-refractivity contribution in [3.05, 3.63) is 89.9 Å². The summed E-state index contributed by atoms with van der Waals surface area (Å²) >= 11 is 0. The molecule has 0 aliphatic carbocycles. The number of nitrogens with zero attached hydrogens (tertiary/aromatic N) is 4. The van der Waals surface area contributed by atoms with Gasteiger partial charge < -0.3 is 9.47 Å². The van der Waals surface area contributed by atoms with Crippen LogP contribution in [-0.4, -0.2) is 57.3 Å². The number of aromatic nitrogens is 3. The molecule has 0 N–H and O–H groups in total. The van der Waals surface area contributed by atoms with E-state index < -0.39 is 0 Å². The van der Waals surface area contributed by atoms with E-state index in [1.54, 1.807) is 62.0 Å². The first-order valence-corrected chi connectivity index (χ1v) is 12.2. The number of fused-ring (bicyclic) bond motifs is 1. The molecule has 2 amide bonds. The predicted molar refractivity (Wildman–Crippen MR) is 140 cm³/mol. The van der Waals surface area contributed by atoms with Gasteiger partial charge in [0.15, 0.2) is 5.78 Å². The highest BCUT2D eigenvalue weighted by molar-refractivity contribution is 6.21. The number of carbonyl (C=O) groups is 3. The lowest BCUT2D eigenvalue weighted by atomic mass is 10.1. The predicted octanol–water partition coefficient (Wildman–Crippen LogP) is 4.46. The standard InChI is InChI=1S/C29H26N4O5/c1-18(2)26(34)24-17-33(27(31-24)19-8-13-25(37-3)30-16-19)20-9-11-21(12-10-20)38-15-14-32-28(35)22-6-4-5-7-23(22)29(32)36/h4-13,16-18H,14-15H2,1-3H3. The number of methoxy groups -OCH3 is 1. The number of pyridine rings is 1. The van der Waals surface area contributed by atoms with Gasteiger partial charge in [0, 0.05) is 35.6 Å². The van der Waals surface area contributed by atoms with Gasteiger partial charge in [0.05, 0.1) is 24.8 Å². The van der Waals surface area contributed by atoms with Gasteiger partial charge in [-0.25, -0.2) is 9.97 Å². The molecule has 0 atom stereocenters. The van der Waals surface area contributed by atoms with Crippen molar-refractivity contribution in [3.8, 4) is 28.7 Å². The summed E-state index contributed by atoms with van der Waals surface area (Å²) in [7, 11) is 1.55. The Kier molecular flexibility index (Phi) is 6.74. The quantitative estimate of drug-likeness (QED) is 0.242. The largest absolute Gasteiger partial charge is 0.492 e. The summed E-state index contributed by atoms with van der Waals surface area (Å²) in [5.41, 5.74) is 2.71. The normalized spacial score (nSPS) is 12.7. The van der Waals surface area contributed by atoms with Crippen molar-refractivity contribution >= 4 is 17.6 Å². The fraction of sp³-hybridized carbons (Fsp3) is 0.207. The van der Waals surface area contributed by atoms with E-state index in [1.165, 1.54) is 4.90 Å². The third kappa shape index (κ3) is 4.66. The fourth-order valence-electron chi connectivity index (χ4n) is 4.23. The lowest BCUT2D eigenvalue weighted by Crippen LogP contribution is -2.33. The summed E-state index contributed by atoms with van der Waals surface area (Å²) in [5.74, 6) is 0.764. The zero-order chi connectivity index (χ0) is 26.8. The topological polar surface area (TPSA) is 104 Å². The molecule has 38 heavy (non-hydrogen) atoms. The summed E-state index contributed by atoms with van der Waals surface area (Å²) in [5, 5.41) is 0. The van der Waals surface area contributed by atoms with Crippen molar-refractivity contribution in [1.82, 2.24) is 19.4 Å². The third-order valence-electron chi connectivity index (χ3n) is 6.26. The van der Waals surface area contributed by atoms with Gasteiger partial charge in [-0.15, -0.1) is 0 Å². The van der Waals surface area contributed by atoms with Gasteiger partial charge in [-0.1, -0.05) is 26.0 Å². The van der Waals surface area contributed by atoms with E-state index in [0.717, 1.165) is 11.3 Å². The summed E-state index contributed by atoms with van der Waals surface area (Å²) in [6.07, 6.45) is 3.37. The van der Waals surface area contributed by atoms with Crippen LogP contribution in [0.15, 0.2) is 73.1 Å². The number of ketones is 1. The van der Waals surface area contributed by atoms with Crippen LogP contribution in [-0.2, 0) is 0 Å². The highest BCUT2D eigenvalue weighted by Gasteiger charge is 2.34. The highest BCUT2D eigenvalue weighted by atomic mass is 16.5. The maximum Gasteiger partial charge on any atom is 0.261 e. The average Bonchev–Trinajstić information content (AvgIpc) is 3.49. The second-order valence-corrected chi connectivity index (χ2v) is 9.08. The number of carbonyl (C=O) groups excluding carboxylic acids is 3. The second kappa shape index (κ2) is 10.3. The molecule has 1 aliphatic rings. The summed E-state index contributed by atoms with van der Waals surface area (Å²) in [6, 6.07) is 17.6. The van der Waals surface area contributed by atoms with Crippen molar-refractivity contribution in [2.24, 2.45) is 5.92 Å². The molecule has 0 radical (unpaired) electrons. The number of hydrogen-bond donors (Lipinski definition) is 0. The Balaban J connectivity index is 1.32. The molecule has 9 heteroatoms. The first kappa shape index (κ1) is 24.9. The fourth-order valence-corrected chi connectivity index (χ4v) is 4.23. The van der Waals surface area contributed by atoms with Crippen LogP contribution in [0.25, 0.3) is 17.1 Å². The number of rotatable bonds is 9. The summed E-state index contributed by atoms with van der Waals surface area (Å²) in [4.78, 5) is 47.8. The number of benzene rings is 2. The van der Waals surface area contributed by atoms with Crippen LogP contribution in [0.5, 0.6) is 11.6 Å². The molecule has 1 aliphatic heterocycles. The van der Waals surface area contributed by atoms with E-state index in [9.17, 15) is 14.4 Å². The molecule has 3 heterocycles. The molecule has 0 saturated heterocycles. The molecule has 5 rings (SSSR count). The Morgan fingerprint density at radius 1 is 0.947 bits per heavy atom. The van der Waals surface area contributed by atoms with Crippen molar-refractivity contribution in [1.29, 1.82) is 0 Å². The van der Waals surface area contributed by atoms with Gasteiger partial charge in [-0.05, 0) is 42.5 Å². The Hall–Kier alpha value is -4.79. The van der Waals surface area contributed by atoms with Gasteiger partial charge in [0.1, 0.15) is 23.9 Å². The Labute approximate surface area is 219 Å².